The van der Waals surface area contributed by atoms with Gasteiger partial charge in [0, 0.05) is 19.3 Å². The van der Waals surface area contributed by atoms with Crippen LogP contribution in [0.5, 0.6) is 0 Å². The summed E-state index contributed by atoms with van der Waals surface area (Å²) < 4.78 is 5.94. The van der Waals surface area contributed by atoms with Gasteiger partial charge in [-0.1, -0.05) is 19.1 Å². The van der Waals surface area contributed by atoms with Gasteiger partial charge in [0.05, 0.1) is 12.7 Å². The summed E-state index contributed by atoms with van der Waals surface area (Å²) in [5.74, 6) is 0. The molecule has 3 nitrogen and oxygen atoms in total. The molecule has 0 spiro atoms. The molecule has 106 valence electrons. The summed E-state index contributed by atoms with van der Waals surface area (Å²) in [5.41, 5.74) is 2.66. The molecule has 1 aliphatic rings. The number of aryl methyl sites for hydroxylation is 1. The third kappa shape index (κ3) is 4.51. The first-order chi connectivity index (χ1) is 9.29. The molecule has 1 saturated heterocycles. The topological polar surface area (TPSA) is 24.5 Å². The van der Waals surface area contributed by atoms with Crippen molar-refractivity contribution in [1.82, 2.24) is 5.32 Å². The Morgan fingerprint density at radius 1 is 1.21 bits per heavy atom. The van der Waals surface area contributed by atoms with Crippen molar-refractivity contribution in [2.75, 3.05) is 38.2 Å². The van der Waals surface area contributed by atoms with E-state index in [-0.39, 0.29) is 0 Å². The standard InChI is InChI=1S/C16H26N2O/c1-3-14-4-6-15(7-5-14)18(2)12-13-19-16-8-10-17-11-9-16/h4-7,16-17H,3,8-13H2,1-2H3. The van der Waals surface area contributed by atoms with Crippen LogP contribution in [0.3, 0.4) is 0 Å². The van der Waals surface area contributed by atoms with E-state index in [0.717, 1.165) is 45.5 Å². The second-order valence-corrected chi connectivity index (χ2v) is 5.26. The van der Waals surface area contributed by atoms with Crippen LogP contribution in [0.2, 0.25) is 0 Å². The lowest BCUT2D eigenvalue weighted by Gasteiger charge is -2.25. The predicted molar refractivity (Wildman–Crippen MR) is 80.9 cm³/mol. The molecule has 1 heterocycles. The van der Waals surface area contributed by atoms with Crippen molar-refractivity contribution in [1.29, 1.82) is 0 Å². The van der Waals surface area contributed by atoms with Gasteiger partial charge in [0.15, 0.2) is 0 Å². The molecule has 1 fully saturated rings. The van der Waals surface area contributed by atoms with Gasteiger partial charge in [-0.15, -0.1) is 0 Å². The number of likely N-dealkylation sites (N-methyl/N-ethyl adjacent to an activating group) is 1. The third-order valence-corrected chi connectivity index (χ3v) is 3.85. The first kappa shape index (κ1) is 14.4. The Balaban J connectivity index is 1.72. The molecule has 1 aromatic carbocycles. The summed E-state index contributed by atoms with van der Waals surface area (Å²) >= 11 is 0. The van der Waals surface area contributed by atoms with Gasteiger partial charge in [-0.25, -0.2) is 0 Å². The highest BCUT2D eigenvalue weighted by atomic mass is 16.5. The first-order valence-electron chi connectivity index (χ1n) is 7.42. The van der Waals surface area contributed by atoms with E-state index < -0.39 is 0 Å². The van der Waals surface area contributed by atoms with Gasteiger partial charge in [0.1, 0.15) is 0 Å². The van der Waals surface area contributed by atoms with Crippen molar-refractivity contribution in [2.24, 2.45) is 0 Å². The second kappa shape index (κ2) is 7.51. The Kier molecular flexibility index (Phi) is 5.67. The van der Waals surface area contributed by atoms with Crippen LogP contribution >= 0.6 is 0 Å². The van der Waals surface area contributed by atoms with E-state index in [1.54, 1.807) is 0 Å². The van der Waals surface area contributed by atoms with Crippen LogP contribution in [0.15, 0.2) is 24.3 Å². The third-order valence-electron chi connectivity index (χ3n) is 3.85. The van der Waals surface area contributed by atoms with Gasteiger partial charge < -0.3 is 15.0 Å². The van der Waals surface area contributed by atoms with Crippen molar-refractivity contribution in [3.05, 3.63) is 29.8 Å². The highest BCUT2D eigenvalue weighted by Crippen LogP contribution is 2.14. The summed E-state index contributed by atoms with van der Waals surface area (Å²) in [5, 5.41) is 3.36. The molecular formula is C16H26N2O. The number of ether oxygens (including phenoxy) is 1. The Morgan fingerprint density at radius 3 is 2.53 bits per heavy atom. The fourth-order valence-corrected chi connectivity index (χ4v) is 2.43. The zero-order valence-electron chi connectivity index (χ0n) is 12.2. The lowest BCUT2D eigenvalue weighted by atomic mass is 10.1. The molecule has 0 aliphatic carbocycles. The van der Waals surface area contributed by atoms with Crippen LogP contribution in [0.4, 0.5) is 5.69 Å². The average Bonchev–Trinajstić information content (AvgIpc) is 2.48. The van der Waals surface area contributed by atoms with Gasteiger partial charge in [-0.3, -0.25) is 0 Å². The zero-order chi connectivity index (χ0) is 13.5. The van der Waals surface area contributed by atoms with Crippen LogP contribution in [-0.4, -0.2) is 39.4 Å². The highest BCUT2D eigenvalue weighted by molar-refractivity contribution is 5.46. The molecule has 0 saturated carbocycles. The first-order valence-corrected chi connectivity index (χ1v) is 7.42. The number of hydrogen-bond acceptors (Lipinski definition) is 3. The van der Waals surface area contributed by atoms with E-state index in [9.17, 15) is 0 Å². The summed E-state index contributed by atoms with van der Waals surface area (Å²) in [4.78, 5) is 2.26. The Morgan fingerprint density at radius 2 is 1.89 bits per heavy atom. The molecule has 19 heavy (non-hydrogen) atoms. The number of hydrogen-bond donors (Lipinski definition) is 1. The number of rotatable bonds is 6. The van der Waals surface area contributed by atoms with Crippen molar-refractivity contribution >= 4 is 5.69 Å². The minimum Gasteiger partial charge on any atom is -0.376 e. The van der Waals surface area contributed by atoms with Crippen LogP contribution in [0.25, 0.3) is 0 Å². The molecule has 0 unspecified atom stereocenters. The SMILES string of the molecule is CCc1ccc(N(C)CCOC2CCNCC2)cc1. The molecule has 3 heteroatoms. The van der Waals surface area contributed by atoms with Crippen molar-refractivity contribution in [3.63, 3.8) is 0 Å². The van der Waals surface area contributed by atoms with Crippen molar-refractivity contribution in [2.45, 2.75) is 32.3 Å². The summed E-state index contributed by atoms with van der Waals surface area (Å²) in [6, 6.07) is 8.81. The van der Waals surface area contributed by atoms with E-state index in [1.165, 1.54) is 11.3 Å². The van der Waals surface area contributed by atoms with Crippen molar-refractivity contribution in [3.8, 4) is 0 Å². The van der Waals surface area contributed by atoms with Crippen molar-refractivity contribution < 1.29 is 4.74 Å². The van der Waals surface area contributed by atoms with Crippen LogP contribution < -0.4 is 10.2 Å². The molecule has 0 amide bonds. The largest absolute Gasteiger partial charge is 0.376 e. The maximum atomic E-state index is 5.94. The number of nitrogens with zero attached hydrogens (tertiary/aromatic N) is 1. The molecule has 2 rings (SSSR count). The maximum absolute atomic E-state index is 5.94. The lowest BCUT2D eigenvalue weighted by Crippen LogP contribution is -2.34. The molecule has 1 aromatic rings. The normalized spacial score (nSPS) is 16.5. The van der Waals surface area contributed by atoms with E-state index in [0.29, 0.717) is 6.10 Å². The van der Waals surface area contributed by atoms with E-state index in [4.69, 9.17) is 4.74 Å². The number of piperidine rings is 1. The van der Waals surface area contributed by atoms with Gasteiger partial charge >= 0.3 is 0 Å². The lowest BCUT2D eigenvalue weighted by molar-refractivity contribution is 0.0376. The fraction of sp³-hybridized carbons (Fsp3) is 0.625. The quantitative estimate of drug-likeness (QED) is 0.852. The van der Waals surface area contributed by atoms with Crippen LogP contribution in [0.1, 0.15) is 25.3 Å². The molecular weight excluding hydrogens is 236 g/mol. The molecule has 0 atom stereocenters. The van der Waals surface area contributed by atoms with E-state index in [1.807, 2.05) is 0 Å². The van der Waals surface area contributed by atoms with Gasteiger partial charge in [-0.05, 0) is 50.0 Å². The fourth-order valence-electron chi connectivity index (χ4n) is 2.43. The molecule has 0 aromatic heterocycles. The number of benzene rings is 1. The Bertz CT molecular complexity index is 358. The van der Waals surface area contributed by atoms with Gasteiger partial charge in [-0.2, -0.15) is 0 Å². The Labute approximate surface area is 116 Å². The second-order valence-electron chi connectivity index (χ2n) is 5.26. The van der Waals surface area contributed by atoms with Crippen LogP contribution in [-0.2, 0) is 11.2 Å². The zero-order valence-corrected chi connectivity index (χ0v) is 12.2. The maximum Gasteiger partial charge on any atom is 0.0645 e. The van der Waals surface area contributed by atoms with Gasteiger partial charge in [0.2, 0.25) is 0 Å². The smallest absolute Gasteiger partial charge is 0.0645 e. The van der Waals surface area contributed by atoms with Crippen LogP contribution in [0, 0.1) is 0 Å². The average molecular weight is 262 g/mol. The van der Waals surface area contributed by atoms with E-state index in [2.05, 4.69) is 48.5 Å². The molecule has 0 radical (unpaired) electrons. The molecule has 1 aliphatic heterocycles. The highest BCUT2D eigenvalue weighted by Gasteiger charge is 2.13. The number of nitrogens with one attached hydrogen (secondary N) is 1. The predicted octanol–water partition coefficient (Wildman–Crippen LogP) is 2.45. The van der Waals surface area contributed by atoms with E-state index >= 15 is 0 Å². The molecule has 1 N–H and O–H groups in total. The summed E-state index contributed by atoms with van der Waals surface area (Å²) in [6.07, 6.45) is 3.85. The number of anilines is 1. The summed E-state index contributed by atoms with van der Waals surface area (Å²) in [6.45, 7) is 6.15. The monoisotopic (exact) mass is 262 g/mol. The molecule has 0 bridgehead atoms. The van der Waals surface area contributed by atoms with Gasteiger partial charge in [0.25, 0.3) is 0 Å². The summed E-state index contributed by atoms with van der Waals surface area (Å²) in [7, 11) is 2.13. The Hall–Kier alpha value is -1.06. The minimum atomic E-state index is 0.456. The minimum absolute atomic E-state index is 0.456.